The molecule has 0 aliphatic carbocycles. The number of anilines is 2. The number of sulfone groups is 1. The highest BCUT2D eigenvalue weighted by Gasteiger charge is 2.23. The number of hydrogen-bond donors (Lipinski definition) is 1. The number of nitrogens with zero attached hydrogens (tertiary/aromatic N) is 5. The highest BCUT2D eigenvalue weighted by Crippen LogP contribution is 2.31. The maximum absolute atomic E-state index is 13.5. The molecule has 6 rings (SSSR count). The molecule has 3 aromatic heterocycles. The van der Waals surface area contributed by atoms with Gasteiger partial charge in [0.25, 0.3) is 5.91 Å². The van der Waals surface area contributed by atoms with Crippen molar-refractivity contribution in [3.8, 4) is 22.8 Å². The molecule has 0 spiro atoms. The van der Waals surface area contributed by atoms with E-state index in [4.69, 9.17) is 4.74 Å². The molecule has 1 aliphatic heterocycles. The van der Waals surface area contributed by atoms with Crippen LogP contribution in [0, 0.1) is 6.92 Å². The standard InChI is InChI=1S/C34H32N6O5S2/c1-23-6-5-13-36-32(23)24-18-25(20-28(19-24)45-27-8-10-29(11-9-27)47(2,43)44)33(42)38-34-37-26(22-46-34)21-31(41)40-16-14-39(15-17-40)30-7-3-4-12-35-30/h3-13,18-20,22H,14-17,21H2,1-2H3,(H,37,38,42). The van der Waals surface area contributed by atoms with E-state index in [1.165, 1.54) is 23.5 Å². The van der Waals surface area contributed by atoms with Crippen molar-refractivity contribution < 1.29 is 22.7 Å². The van der Waals surface area contributed by atoms with Gasteiger partial charge in [0.1, 0.15) is 17.3 Å². The van der Waals surface area contributed by atoms with Crippen LogP contribution in [0.5, 0.6) is 11.5 Å². The van der Waals surface area contributed by atoms with Gasteiger partial charge in [0.05, 0.1) is 22.7 Å². The molecule has 1 fully saturated rings. The third kappa shape index (κ3) is 7.81. The summed E-state index contributed by atoms with van der Waals surface area (Å²) in [6.07, 6.45) is 4.72. The summed E-state index contributed by atoms with van der Waals surface area (Å²) in [5.41, 5.74) is 3.18. The monoisotopic (exact) mass is 668 g/mol. The van der Waals surface area contributed by atoms with Crippen LogP contribution in [0.2, 0.25) is 0 Å². The lowest BCUT2D eigenvalue weighted by atomic mass is 10.0. The summed E-state index contributed by atoms with van der Waals surface area (Å²) in [5.74, 6) is 1.26. The van der Waals surface area contributed by atoms with Crippen molar-refractivity contribution in [2.75, 3.05) is 42.7 Å². The zero-order valence-corrected chi connectivity index (χ0v) is 27.4. The molecule has 1 N–H and O–H groups in total. The Morgan fingerprint density at radius 3 is 2.38 bits per heavy atom. The second-order valence-electron chi connectivity index (χ2n) is 11.1. The minimum absolute atomic E-state index is 0.0151. The van der Waals surface area contributed by atoms with Crippen LogP contribution in [-0.4, -0.2) is 72.5 Å². The minimum atomic E-state index is -3.36. The number of aryl methyl sites for hydroxylation is 1. The highest BCUT2D eigenvalue weighted by atomic mass is 32.2. The molecule has 1 aliphatic rings. The molecular formula is C34H32N6O5S2. The Morgan fingerprint density at radius 2 is 1.68 bits per heavy atom. The van der Waals surface area contributed by atoms with Gasteiger partial charge in [-0.25, -0.2) is 18.4 Å². The van der Waals surface area contributed by atoms with Gasteiger partial charge in [0.15, 0.2) is 15.0 Å². The van der Waals surface area contributed by atoms with Gasteiger partial charge < -0.3 is 14.5 Å². The molecular weight excluding hydrogens is 637 g/mol. The zero-order chi connectivity index (χ0) is 33.0. The summed E-state index contributed by atoms with van der Waals surface area (Å²) in [6.45, 7) is 4.53. The first-order valence-electron chi connectivity index (χ1n) is 14.9. The maximum Gasteiger partial charge on any atom is 0.257 e. The average Bonchev–Trinajstić information content (AvgIpc) is 3.51. The number of carbonyl (C=O) groups is 2. The molecule has 11 nitrogen and oxygen atoms in total. The van der Waals surface area contributed by atoms with Crippen LogP contribution in [0.15, 0.2) is 95.5 Å². The Morgan fingerprint density at radius 1 is 0.915 bits per heavy atom. The summed E-state index contributed by atoms with van der Waals surface area (Å²) in [5, 5.41) is 5.00. The molecule has 4 heterocycles. The summed E-state index contributed by atoms with van der Waals surface area (Å²) in [6, 6.07) is 20.7. The van der Waals surface area contributed by atoms with Gasteiger partial charge >= 0.3 is 0 Å². The average molecular weight is 669 g/mol. The number of thiazole rings is 1. The maximum atomic E-state index is 13.5. The van der Waals surface area contributed by atoms with Crippen molar-refractivity contribution in [2.24, 2.45) is 0 Å². The Labute approximate surface area is 276 Å². The van der Waals surface area contributed by atoms with E-state index in [9.17, 15) is 18.0 Å². The number of piperazine rings is 1. The Bertz CT molecular complexity index is 2010. The van der Waals surface area contributed by atoms with Gasteiger partial charge in [-0.05, 0) is 73.2 Å². The molecule has 2 aromatic carbocycles. The second-order valence-corrected chi connectivity index (χ2v) is 14.0. The predicted octanol–water partition coefficient (Wildman–Crippen LogP) is 5.25. The summed E-state index contributed by atoms with van der Waals surface area (Å²) in [7, 11) is -3.36. The quantitative estimate of drug-likeness (QED) is 0.224. The fourth-order valence-corrected chi connectivity index (χ4v) is 6.55. The molecule has 1 saturated heterocycles. The van der Waals surface area contributed by atoms with Crippen molar-refractivity contribution in [1.29, 1.82) is 0 Å². The van der Waals surface area contributed by atoms with E-state index in [1.54, 1.807) is 48.1 Å². The van der Waals surface area contributed by atoms with Crippen molar-refractivity contribution in [3.63, 3.8) is 0 Å². The number of carbonyl (C=O) groups excluding carboxylic acids is 2. The van der Waals surface area contributed by atoms with Crippen LogP contribution < -0.4 is 15.0 Å². The fraction of sp³-hybridized carbons (Fsp3) is 0.206. The number of hydrogen-bond acceptors (Lipinski definition) is 10. The molecule has 5 aromatic rings. The molecule has 0 radical (unpaired) electrons. The molecule has 0 atom stereocenters. The molecule has 0 saturated carbocycles. The number of rotatable bonds is 9. The lowest BCUT2D eigenvalue weighted by molar-refractivity contribution is -0.130. The SMILES string of the molecule is Cc1cccnc1-c1cc(Oc2ccc(S(C)(=O)=O)cc2)cc(C(=O)Nc2nc(CC(=O)N3CCN(c4ccccn4)CC3)cs2)c1. The number of ether oxygens (including phenoxy) is 1. The van der Waals surface area contributed by atoms with Gasteiger partial charge in [0.2, 0.25) is 5.91 Å². The number of benzene rings is 2. The van der Waals surface area contributed by atoms with Gasteiger partial charge in [-0.15, -0.1) is 11.3 Å². The number of aromatic nitrogens is 3. The topological polar surface area (TPSA) is 135 Å². The third-order valence-electron chi connectivity index (χ3n) is 7.65. The van der Waals surface area contributed by atoms with Crippen LogP contribution >= 0.6 is 11.3 Å². The smallest absolute Gasteiger partial charge is 0.257 e. The minimum Gasteiger partial charge on any atom is -0.457 e. The lowest BCUT2D eigenvalue weighted by Crippen LogP contribution is -2.49. The van der Waals surface area contributed by atoms with Gasteiger partial charge in [0, 0.05) is 61.3 Å². The van der Waals surface area contributed by atoms with E-state index >= 15 is 0 Å². The molecule has 0 unspecified atom stereocenters. The first kappa shape index (κ1) is 31.8. The van der Waals surface area contributed by atoms with Crippen LogP contribution in [0.25, 0.3) is 11.3 Å². The third-order valence-corrected chi connectivity index (χ3v) is 9.58. The molecule has 0 bridgehead atoms. The molecule has 13 heteroatoms. The summed E-state index contributed by atoms with van der Waals surface area (Å²) >= 11 is 1.25. The van der Waals surface area contributed by atoms with Crippen LogP contribution in [0.3, 0.4) is 0 Å². The number of amides is 2. The van der Waals surface area contributed by atoms with E-state index in [0.29, 0.717) is 65.3 Å². The van der Waals surface area contributed by atoms with E-state index in [-0.39, 0.29) is 17.2 Å². The number of pyridine rings is 2. The van der Waals surface area contributed by atoms with E-state index in [0.717, 1.165) is 17.6 Å². The predicted molar refractivity (Wildman–Crippen MR) is 181 cm³/mol. The van der Waals surface area contributed by atoms with Crippen molar-refractivity contribution in [1.82, 2.24) is 19.9 Å². The van der Waals surface area contributed by atoms with Gasteiger partial charge in [-0.1, -0.05) is 12.1 Å². The van der Waals surface area contributed by atoms with Crippen molar-refractivity contribution in [3.05, 3.63) is 107 Å². The Balaban J connectivity index is 1.14. The highest BCUT2D eigenvalue weighted by molar-refractivity contribution is 7.90. The van der Waals surface area contributed by atoms with Crippen LogP contribution in [0.1, 0.15) is 21.6 Å². The van der Waals surface area contributed by atoms with Gasteiger partial charge in [-0.3, -0.25) is 19.9 Å². The van der Waals surface area contributed by atoms with E-state index in [1.807, 2.05) is 42.2 Å². The first-order valence-corrected chi connectivity index (χ1v) is 17.6. The van der Waals surface area contributed by atoms with Crippen molar-refractivity contribution >= 4 is 43.9 Å². The molecule has 47 heavy (non-hydrogen) atoms. The van der Waals surface area contributed by atoms with Crippen LogP contribution in [0.4, 0.5) is 10.9 Å². The molecule has 240 valence electrons. The van der Waals surface area contributed by atoms with Crippen LogP contribution in [-0.2, 0) is 21.1 Å². The van der Waals surface area contributed by atoms with E-state index < -0.39 is 15.7 Å². The summed E-state index contributed by atoms with van der Waals surface area (Å²) < 4.78 is 29.8. The lowest BCUT2D eigenvalue weighted by Gasteiger charge is -2.35. The second kappa shape index (κ2) is 13.7. The van der Waals surface area contributed by atoms with E-state index in [2.05, 4.69) is 25.2 Å². The van der Waals surface area contributed by atoms with Gasteiger partial charge in [-0.2, -0.15) is 0 Å². The fourth-order valence-electron chi connectivity index (χ4n) is 5.21. The first-order chi connectivity index (χ1) is 22.6. The number of nitrogens with one attached hydrogen (secondary N) is 1. The largest absolute Gasteiger partial charge is 0.457 e. The molecule has 2 amide bonds. The summed E-state index contributed by atoms with van der Waals surface area (Å²) in [4.78, 5) is 44.1. The zero-order valence-electron chi connectivity index (χ0n) is 25.8. The normalized spacial score (nSPS) is 13.3. The van der Waals surface area contributed by atoms with Crippen molar-refractivity contribution in [2.45, 2.75) is 18.2 Å². The Hall–Kier alpha value is -5.14. The Kier molecular flexibility index (Phi) is 9.27.